The van der Waals surface area contributed by atoms with Crippen molar-refractivity contribution in [2.45, 2.75) is 71.5 Å². The Morgan fingerprint density at radius 3 is 2.20 bits per heavy atom. The summed E-state index contributed by atoms with van der Waals surface area (Å²) in [5.74, 6) is 2.60. The van der Waals surface area contributed by atoms with Crippen molar-refractivity contribution in [2.75, 3.05) is 19.8 Å². The molecule has 0 bridgehead atoms. The number of aromatic nitrogens is 2. The number of ether oxygens (including phenoxy) is 1. The van der Waals surface area contributed by atoms with Gasteiger partial charge < -0.3 is 14.4 Å². The number of aliphatic hydroxyl groups excluding tert-OH is 1. The van der Waals surface area contributed by atoms with Crippen molar-refractivity contribution in [2.24, 2.45) is 5.92 Å². The Morgan fingerprint density at radius 1 is 0.854 bits per heavy atom. The zero-order valence-corrected chi connectivity index (χ0v) is 24.5. The van der Waals surface area contributed by atoms with Crippen LogP contribution in [0.2, 0.25) is 0 Å². The lowest BCUT2D eigenvalue weighted by molar-refractivity contribution is 0.183. The number of hydrogen-bond donors (Lipinski definition) is 1. The van der Waals surface area contributed by atoms with Crippen molar-refractivity contribution in [1.82, 2.24) is 14.5 Å². The molecule has 216 valence electrons. The van der Waals surface area contributed by atoms with Crippen molar-refractivity contribution in [1.29, 1.82) is 0 Å². The number of imidazole rings is 1. The van der Waals surface area contributed by atoms with Gasteiger partial charge in [0.25, 0.3) is 0 Å². The number of hydrogen-bond acceptors (Lipinski definition) is 4. The van der Waals surface area contributed by atoms with Gasteiger partial charge in [-0.2, -0.15) is 0 Å². The van der Waals surface area contributed by atoms with Gasteiger partial charge in [-0.3, -0.25) is 4.90 Å². The fourth-order valence-electron chi connectivity index (χ4n) is 6.08. The van der Waals surface area contributed by atoms with Crippen molar-refractivity contribution in [3.05, 3.63) is 96.2 Å². The van der Waals surface area contributed by atoms with Crippen LogP contribution in [0.5, 0.6) is 5.75 Å². The van der Waals surface area contributed by atoms with E-state index >= 15 is 0 Å². The first-order chi connectivity index (χ1) is 20.2. The molecule has 4 aromatic rings. The molecular weight excluding hydrogens is 506 g/mol. The standard InChI is InChI=1S/C36H45N3O2/c1-2-3-23-39-34(35(31-15-9-5-10-16-31)37-36(39)32-17-11-6-12-18-32)28-38(26-29-13-7-4-8-14-29)27-30-19-21-33(22-20-30)41-25-24-40/h5-6,9-12,15-22,29,40H,2-4,7-8,13-14,23-28H2,1H3. The predicted octanol–water partition coefficient (Wildman–Crippen LogP) is 7.97. The highest BCUT2D eigenvalue weighted by Crippen LogP contribution is 2.33. The highest BCUT2D eigenvalue weighted by molar-refractivity contribution is 5.68. The third kappa shape index (κ3) is 7.87. The summed E-state index contributed by atoms with van der Waals surface area (Å²) < 4.78 is 8.12. The van der Waals surface area contributed by atoms with E-state index in [2.05, 4.69) is 89.2 Å². The molecule has 1 aromatic heterocycles. The van der Waals surface area contributed by atoms with Crippen molar-refractivity contribution >= 4 is 0 Å². The van der Waals surface area contributed by atoms with Gasteiger partial charge in [-0.15, -0.1) is 0 Å². The van der Waals surface area contributed by atoms with Crippen LogP contribution in [0.3, 0.4) is 0 Å². The second-order valence-electron chi connectivity index (χ2n) is 11.4. The first-order valence-electron chi connectivity index (χ1n) is 15.5. The molecule has 1 N–H and O–H groups in total. The van der Waals surface area contributed by atoms with Crippen molar-refractivity contribution in [3.8, 4) is 28.4 Å². The van der Waals surface area contributed by atoms with E-state index < -0.39 is 0 Å². The van der Waals surface area contributed by atoms with Crippen LogP contribution >= 0.6 is 0 Å². The molecular formula is C36H45N3O2. The summed E-state index contributed by atoms with van der Waals surface area (Å²) >= 11 is 0. The van der Waals surface area contributed by atoms with Crippen LogP contribution in [0.15, 0.2) is 84.9 Å². The average molecular weight is 552 g/mol. The SMILES string of the molecule is CCCCn1c(-c2ccccc2)nc(-c2ccccc2)c1CN(Cc1ccc(OCCO)cc1)CC1CCCCC1. The minimum Gasteiger partial charge on any atom is -0.491 e. The molecule has 0 spiro atoms. The van der Waals surface area contributed by atoms with Gasteiger partial charge in [0.2, 0.25) is 0 Å². The maximum Gasteiger partial charge on any atom is 0.140 e. The quantitative estimate of drug-likeness (QED) is 0.173. The van der Waals surface area contributed by atoms with E-state index in [9.17, 15) is 0 Å². The van der Waals surface area contributed by atoms with Gasteiger partial charge in [0.15, 0.2) is 0 Å². The maximum atomic E-state index is 9.11. The van der Waals surface area contributed by atoms with Crippen LogP contribution in [-0.2, 0) is 19.6 Å². The van der Waals surface area contributed by atoms with Crippen LogP contribution in [0.4, 0.5) is 0 Å². The highest BCUT2D eigenvalue weighted by atomic mass is 16.5. The fourth-order valence-corrected chi connectivity index (χ4v) is 6.08. The van der Waals surface area contributed by atoms with E-state index in [1.165, 1.54) is 54.5 Å². The van der Waals surface area contributed by atoms with Crippen LogP contribution in [0.25, 0.3) is 22.6 Å². The zero-order valence-electron chi connectivity index (χ0n) is 24.5. The van der Waals surface area contributed by atoms with Crippen molar-refractivity contribution in [3.63, 3.8) is 0 Å². The van der Waals surface area contributed by atoms with E-state index in [-0.39, 0.29) is 6.61 Å². The summed E-state index contributed by atoms with van der Waals surface area (Å²) in [6.07, 6.45) is 8.96. The van der Waals surface area contributed by atoms with Crippen LogP contribution in [0, 0.1) is 5.92 Å². The monoisotopic (exact) mass is 551 g/mol. The molecule has 0 saturated heterocycles. The molecule has 0 radical (unpaired) electrons. The third-order valence-electron chi connectivity index (χ3n) is 8.19. The average Bonchev–Trinajstić information content (AvgIpc) is 3.38. The Bertz CT molecular complexity index is 1310. The number of rotatable bonds is 14. The summed E-state index contributed by atoms with van der Waals surface area (Å²) in [5, 5.41) is 9.11. The molecule has 1 heterocycles. The van der Waals surface area contributed by atoms with Gasteiger partial charge >= 0.3 is 0 Å². The summed E-state index contributed by atoms with van der Waals surface area (Å²) in [6, 6.07) is 29.8. The van der Waals surface area contributed by atoms with Gasteiger partial charge in [0.05, 0.1) is 18.0 Å². The summed E-state index contributed by atoms with van der Waals surface area (Å²) in [7, 11) is 0. The van der Waals surface area contributed by atoms with Crippen molar-refractivity contribution < 1.29 is 9.84 Å². The van der Waals surface area contributed by atoms with Gasteiger partial charge in [0.1, 0.15) is 18.2 Å². The van der Waals surface area contributed by atoms with E-state index in [4.69, 9.17) is 14.8 Å². The van der Waals surface area contributed by atoms with E-state index in [0.29, 0.717) is 6.61 Å². The normalized spacial score (nSPS) is 14.0. The first kappa shape index (κ1) is 29.1. The topological polar surface area (TPSA) is 50.5 Å². The van der Waals surface area contributed by atoms with Gasteiger partial charge in [0, 0.05) is 37.3 Å². The molecule has 5 rings (SSSR count). The van der Waals surface area contributed by atoms with Gasteiger partial charge in [-0.25, -0.2) is 4.98 Å². The molecule has 3 aromatic carbocycles. The van der Waals surface area contributed by atoms with Gasteiger partial charge in [-0.05, 0) is 42.9 Å². The Hall–Kier alpha value is -3.41. The Kier molecular flexibility index (Phi) is 10.6. The minimum atomic E-state index is 0.0251. The summed E-state index contributed by atoms with van der Waals surface area (Å²) in [5.41, 5.74) is 6.03. The Labute approximate surface area is 245 Å². The molecule has 5 heteroatoms. The number of unbranched alkanes of at least 4 members (excludes halogenated alkanes) is 1. The lowest BCUT2D eigenvalue weighted by Gasteiger charge is -2.30. The number of benzene rings is 3. The number of aliphatic hydroxyl groups is 1. The Balaban J connectivity index is 1.52. The second-order valence-corrected chi connectivity index (χ2v) is 11.4. The molecule has 5 nitrogen and oxygen atoms in total. The lowest BCUT2D eigenvalue weighted by atomic mass is 9.89. The molecule has 0 unspecified atom stereocenters. The summed E-state index contributed by atoms with van der Waals surface area (Å²) in [6.45, 7) is 6.40. The largest absolute Gasteiger partial charge is 0.491 e. The molecule has 1 saturated carbocycles. The molecule has 0 aliphatic heterocycles. The fraction of sp³-hybridized carbons (Fsp3) is 0.417. The minimum absolute atomic E-state index is 0.0251. The molecule has 1 aliphatic rings. The third-order valence-corrected chi connectivity index (χ3v) is 8.19. The molecule has 1 fully saturated rings. The molecule has 1 aliphatic carbocycles. The van der Waals surface area contributed by atoms with Crippen LogP contribution < -0.4 is 4.74 Å². The predicted molar refractivity (Wildman–Crippen MR) is 168 cm³/mol. The molecule has 0 atom stereocenters. The highest BCUT2D eigenvalue weighted by Gasteiger charge is 2.24. The molecule has 41 heavy (non-hydrogen) atoms. The Morgan fingerprint density at radius 2 is 1.54 bits per heavy atom. The van der Waals surface area contributed by atoms with E-state index in [1.807, 2.05) is 12.1 Å². The number of nitrogens with zero attached hydrogens (tertiary/aromatic N) is 3. The molecule has 0 amide bonds. The van der Waals surface area contributed by atoms with E-state index in [0.717, 1.165) is 62.2 Å². The lowest BCUT2D eigenvalue weighted by Crippen LogP contribution is -2.31. The maximum absolute atomic E-state index is 9.11. The van der Waals surface area contributed by atoms with E-state index in [1.54, 1.807) is 0 Å². The first-order valence-corrected chi connectivity index (χ1v) is 15.5. The van der Waals surface area contributed by atoms with Crippen LogP contribution in [0.1, 0.15) is 63.1 Å². The van der Waals surface area contributed by atoms with Gasteiger partial charge in [-0.1, -0.05) is 105 Å². The summed E-state index contributed by atoms with van der Waals surface area (Å²) in [4.78, 5) is 8.00. The second kappa shape index (κ2) is 15.0. The zero-order chi connectivity index (χ0) is 28.3. The van der Waals surface area contributed by atoms with Crippen LogP contribution in [-0.4, -0.2) is 39.3 Å². The smallest absolute Gasteiger partial charge is 0.140 e.